The summed E-state index contributed by atoms with van der Waals surface area (Å²) < 4.78 is 10.0. The summed E-state index contributed by atoms with van der Waals surface area (Å²) in [6.07, 6.45) is 0.779. The lowest BCUT2D eigenvalue weighted by molar-refractivity contribution is 0.0599. The first-order chi connectivity index (χ1) is 11.5. The third-order valence-electron chi connectivity index (χ3n) is 4.47. The molecule has 6 nitrogen and oxygen atoms in total. The molecule has 0 saturated heterocycles. The van der Waals surface area contributed by atoms with Crippen LogP contribution in [0, 0.1) is 13.8 Å². The minimum atomic E-state index is -0.438. The van der Waals surface area contributed by atoms with Gasteiger partial charge < -0.3 is 19.4 Å². The van der Waals surface area contributed by atoms with E-state index >= 15 is 0 Å². The van der Waals surface area contributed by atoms with Gasteiger partial charge in [0.25, 0.3) is 5.91 Å². The molecule has 0 radical (unpaired) electrons. The molecule has 126 valence electrons. The summed E-state index contributed by atoms with van der Waals surface area (Å²) in [6.45, 7) is 4.12. The van der Waals surface area contributed by atoms with Gasteiger partial charge in [0.05, 0.1) is 19.8 Å². The third kappa shape index (κ3) is 2.44. The highest BCUT2D eigenvalue weighted by Crippen LogP contribution is 2.33. The van der Waals surface area contributed by atoms with Crippen molar-refractivity contribution in [3.8, 4) is 5.75 Å². The van der Waals surface area contributed by atoms with Gasteiger partial charge in [-0.1, -0.05) is 0 Å². The largest absolute Gasteiger partial charge is 0.497 e. The molecular formula is C18H20N2O4. The van der Waals surface area contributed by atoms with E-state index in [1.165, 1.54) is 7.11 Å². The SMILES string of the molecule is COC(=O)c1c(C)[nH]c(C(=O)N2CCc3cc(OC)ccc32)c1C. The summed E-state index contributed by atoms with van der Waals surface area (Å²) >= 11 is 0. The molecule has 2 aromatic rings. The van der Waals surface area contributed by atoms with Crippen LogP contribution in [0.2, 0.25) is 0 Å². The number of nitrogens with zero attached hydrogens (tertiary/aromatic N) is 1. The average Bonchev–Trinajstić information content (AvgIpc) is 3.13. The standard InChI is InChI=1S/C18H20N2O4/c1-10-15(18(22)24-4)11(2)19-16(10)17(21)20-8-7-12-9-13(23-3)5-6-14(12)20/h5-6,9,19H,7-8H2,1-4H3. The number of aromatic nitrogens is 1. The Bertz CT molecular complexity index is 823. The van der Waals surface area contributed by atoms with Crippen molar-refractivity contribution in [1.29, 1.82) is 0 Å². The van der Waals surface area contributed by atoms with Gasteiger partial charge in [-0.25, -0.2) is 4.79 Å². The van der Waals surface area contributed by atoms with Crippen LogP contribution in [0.25, 0.3) is 0 Å². The van der Waals surface area contributed by atoms with Gasteiger partial charge in [-0.3, -0.25) is 4.79 Å². The predicted octanol–water partition coefficient (Wildman–Crippen LogP) is 2.63. The number of hydrogen-bond acceptors (Lipinski definition) is 4. The molecular weight excluding hydrogens is 308 g/mol. The number of rotatable bonds is 3. The van der Waals surface area contributed by atoms with E-state index in [2.05, 4.69) is 4.98 Å². The van der Waals surface area contributed by atoms with Gasteiger partial charge in [-0.05, 0) is 49.6 Å². The maximum Gasteiger partial charge on any atom is 0.339 e. The number of amides is 1. The molecule has 2 heterocycles. The molecule has 1 amide bonds. The highest BCUT2D eigenvalue weighted by Gasteiger charge is 2.30. The molecule has 1 aliphatic heterocycles. The predicted molar refractivity (Wildman–Crippen MR) is 90.0 cm³/mol. The zero-order valence-electron chi connectivity index (χ0n) is 14.2. The summed E-state index contributed by atoms with van der Waals surface area (Å²) in [7, 11) is 2.96. The van der Waals surface area contributed by atoms with E-state index in [1.807, 2.05) is 18.2 Å². The molecule has 0 fully saturated rings. The Morgan fingerprint density at radius 1 is 1.21 bits per heavy atom. The van der Waals surface area contributed by atoms with Crippen molar-refractivity contribution in [2.24, 2.45) is 0 Å². The van der Waals surface area contributed by atoms with E-state index in [1.54, 1.807) is 25.9 Å². The molecule has 0 aliphatic carbocycles. The molecule has 6 heteroatoms. The van der Waals surface area contributed by atoms with E-state index in [0.29, 0.717) is 29.1 Å². The van der Waals surface area contributed by atoms with E-state index < -0.39 is 5.97 Å². The number of anilines is 1. The normalized spacial score (nSPS) is 12.9. The molecule has 3 rings (SSSR count). The van der Waals surface area contributed by atoms with Crippen molar-refractivity contribution in [3.05, 3.63) is 46.3 Å². The number of nitrogens with one attached hydrogen (secondary N) is 1. The van der Waals surface area contributed by atoms with Crippen LogP contribution in [0.15, 0.2) is 18.2 Å². The number of fused-ring (bicyclic) bond motifs is 1. The van der Waals surface area contributed by atoms with Crippen molar-refractivity contribution in [3.63, 3.8) is 0 Å². The topological polar surface area (TPSA) is 71.6 Å². The van der Waals surface area contributed by atoms with E-state index in [0.717, 1.165) is 23.4 Å². The molecule has 24 heavy (non-hydrogen) atoms. The lowest BCUT2D eigenvalue weighted by Gasteiger charge is -2.17. The summed E-state index contributed by atoms with van der Waals surface area (Å²) in [5.41, 5.74) is 4.07. The molecule has 0 spiro atoms. The first-order valence-corrected chi connectivity index (χ1v) is 7.74. The number of methoxy groups -OCH3 is 2. The molecule has 1 aromatic heterocycles. The fraction of sp³-hybridized carbons (Fsp3) is 0.333. The molecule has 0 atom stereocenters. The molecule has 1 aromatic carbocycles. The Labute approximate surface area is 140 Å². The lowest BCUT2D eigenvalue weighted by atomic mass is 10.1. The van der Waals surface area contributed by atoms with Gasteiger partial charge in [0, 0.05) is 17.9 Å². The number of esters is 1. The highest BCUT2D eigenvalue weighted by atomic mass is 16.5. The number of carbonyl (C=O) groups excluding carboxylic acids is 2. The van der Waals surface area contributed by atoms with Crippen molar-refractivity contribution in [1.82, 2.24) is 4.98 Å². The minimum Gasteiger partial charge on any atom is -0.497 e. The van der Waals surface area contributed by atoms with Gasteiger partial charge in [-0.2, -0.15) is 0 Å². The van der Waals surface area contributed by atoms with Crippen LogP contribution < -0.4 is 9.64 Å². The van der Waals surface area contributed by atoms with E-state index in [-0.39, 0.29) is 5.91 Å². The Morgan fingerprint density at radius 3 is 2.62 bits per heavy atom. The van der Waals surface area contributed by atoms with Crippen LogP contribution in [-0.4, -0.2) is 37.6 Å². The highest BCUT2D eigenvalue weighted by molar-refractivity contribution is 6.09. The summed E-state index contributed by atoms with van der Waals surface area (Å²) in [4.78, 5) is 29.6. The Morgan fingerprint density at radius 2 is 1.96 bits per heavy atom. The Hall–Kier alpha value is -2.76. The minimum absolute atomic E-state index is 0.144. The Balaban J connectivity index is 1.97. The maximum absolute atomic E-state index is 13.0. The number of aryl methyl sites for hydroxylation is 1. The first-order valence-electron chi connectivity index (χ1n) is 7.74. The molecule has 1 aliphatic rings. The fourth-order valence-corrected chi connectivity index (χ4v) is 3.22. The summed E-state index contributed by atoms with van der Waals surface area (Å²) in [5, 5.41) is 0. The quantitative estimate of drug-likeness (QED) is 0.879. The van der Waals surface area contributed by atoms with Crippen LogP contribution in [0.4, 0.5) is 5.69 Å². The summed E-state index contributed by atoms with van der Waals surface area (Å²) in [5.74, 6) is 0.199. The Kier molecular flexibility index (Phi) is 4.05. The summed E-state index contributed by atoms with van der Waals surface area (Å²) in [6, 6.07) is 5.69. The number of hydrogen-bond donors (Lipinski definition) is 1. The van der Waals surface area contributed by atoms with Gasteiger partial charge in [-0.15, -0.1) is 0 Å². The van der Waals surface area contributed by atoms with Crippen LogP contribution in [0.5, 0.6) is 5.75 Å². The van der Waals surface area contributed by atoms with Gasteiger partial charge in [0.1, 0.15) is 11.4 Å². The molecule has 1 N–H and O–H groups in total. The first kappa shape index (κ1) is 16.1. The van der Waals surface area contributed by atoms with Gasteiger partial charge in [0.2, 0.25) is 0 Å². The van der Waals surface area contributed by atoms with Gasteiger partial charge in [0.15, 0.2) is 0 Å². The lowest BCUT2D eigenvalue weighted by Crippen LogP contribution is -2.29. The van der Waals surface area contributed by atoms with Crippen LogP contribution in [-0.2, 0) is 11.2 Å². The number of aromatic amines is 1. The van der Waals surface area contributed by atoms with Gasteiger partial charge >= 0.3 is 5.97 Å². The second-order valence-corrected chi connectivity index (χ2v) is 5.82. The smallest absolute Gasteiger partial charge is 0.339 e. The maximum atomic E-state index is 13.0. The van der Waals surface area contributed by atoms with E-state index in [4.69, 9.17) is 9.47 Å². The average molecular weight is 328 g/mol. The van der Waals surface area contributed by atoms with E-state index in [9.17, 15) is 9.59 Å². The van der Waals surface area contributed by atoms with Crippen molar-refractivity contribution in [2.75, 3.05) is 25.7 Å². The molecule has 0 saturated carbocycles. The second-order valence-electron chi connectivity index (χ2n) is 5.82. The van der Waals surface area contributed by atoms with Crippen molar-refractivity contribution >= 4 is 17.6 Å². The zero-order valence-corrected chi connectivity index (χ0v) is 14.2. The number of carbonyl (C=O) groups is 2. The van der Waals surface area contributed by atoms with Crippen LogP contribution in [0.3, 0.4) is 0 Å². The van der Waals surface area contributed by atoms with Crippen LogP contribution >= 0.6 is 0 Å². The van der Waals surface area contributed by atoms with Crippen LogP contribution in [0.1, 0.15) is 37.7 Å². The second kappa shape index (κ2) is 6.03. The zero-order chi connectivity index (χ0) is 17.4. The monoisotopic (exact) mass is 328 g/mol. The number of H-pyrrole nitrogens is 1. The molecule has 0 unspecified atom stereocenters. The number of benzene rings is 1. The van der Waals surface area contributed by atoms with Crippen molar-refractivity contribution < 1.29 is 19.1 Å². The van der Waals surface area contributed by atoms with Crippen molar-refractivity contribution in [2.45, 2.75) is 20.3 Å². The third-order valence-corrected chi connectivity index (χ3v) is 4.47. The fourth-order valence-electron chi connectivity index (χ4n) is 3.22. The molecule has 0 bridgehead atoms. The number of ether oxygens (including phenoxy) is 2.